The summed E-state index contributed by atoms with van der Waals surface area (Å²) in [5.41, 5.74) is 1.08. The molecule has 124 valence electrons. The number of esters is 2. The van der Waals surface area contributed by atoms with E-state index in [0.29, 0.717) is 16.4 Å². The third kappa shape index (κ3) is 3.26. The quantitative estimate of drug-likeness (QED) is 0.522. The van der Waals surface area contributed by atoms with Crippen molar-refractivity contribution in [1.82, 2.24) is 9.78 Å². The molecule has 1 aliphatic rings. The molecule has 0 radical (unpaired) electrons. The van der Waals surface area contributed by atoms with Crippen molar-refractivity contribution in [3.8, 4) is 5.69 Å². The number of nitrogens with zero attached hydrogens (tertiary/aromatic N) is 2. The van der Waals surface area contributed by atoms with Crippen molar-refractivity contribution < 1.29 is 19.1 Å². The highest BCUT2D eigenvalue weighted by atomic mass is 35.5. The van der Waals surface area contributed by atoms with Gasteiger partial charge in [0, 0.05) is 38.1 Å². The van der Waals surface area contributed by atoms with Crippen molar-refractivity contribution in [3.63, 3.8) is 0 Å². The Labute approximate surface area is 142 Å². The highest BCUT2D eigenvalue weighted by Crippen LogP contribution is 2.25. The third-order valence-electron chi connectivity index (χ3n) is 3.20. The molecule has 24 heavy (non-hydrogen) atoms. The first-order valence-electron chi connectivity index (χ1n) is 7.09. The summed E-state index contributed by atoms with van der Waals surface area (Å²) < 4.78 is 11.6. The van der Waals surface area contributed by atoms with Crippen LogP contribution in [0.25, 0.3) is 5.69 Å². The molecule has 0 spiro atoms. The van der Waals surface area contributed by atoms with Crippen LogP contribution in [0, 0.1) is 0 Å². The van der Waals surface area contributed by atoms with Crippen LogP contribution in [0.15, 0.2) is 48.4 Å². The van der Waals surface area contributed by atoms with E-state index in [1.54, 1.807) is 41.3 Å². The van der Waals surface area contributed by atoms with Gasteiger partial charge in [0.1, 0.15) is 0 Å². The number of hydrogen-bond donors (Lipinski definition) is 1. The maximum atomic E-state index is 11.8. The fourth-order valence-corrected chi connectivity index (χ4v) is 2.39. The highest BCUT2D eigenvalue weighted by Gasteiger charge is 2.38. The predicted octanol–water partition coefficient (Wildman–Crippen LogP) is 2.66. The fraction of sp³-hybridized carbons (Fsp3) is 0.188. The first kappa shape index (κ1) is 16.1. The first-order valence-corrected chi connectivity index (χ1v) is 7.46. The molecule has 1 aromatic heterocycles. The SMILES string of the molecule is CC1(C)OC(=O)C(=CNc2ccc(-n3cccn3)c(Cl)c2)C(=O)O1. The zero-order valence-corrected chi connectivity index (χ0v) is 13.7. The predicted molar refractivity (Wildman–Crippen MR) is 86.5 cm³/mol. The molecular formula is C16H14ClN3O4. The largest absolute Gasteiger partial charge is 0.419 e. The number of hydrogen-bond acceptors (Lipinski definition) is 6. The van der Waals surface area contributed by atoms with E-state index in [9.17, 15) is 9.59 Å². The highest BCUT2D eigenvalue weighted by molar-refractivity contribution is 6.32. The first-order chi connectivity index (χ1) is 11.4. The average molecular weight is 348 g/mol. The van der Waals surface area contributed by atoms with Crippen LogP contribution in [-0.2, 0) is 19.1 Å². The van der Waals surface area contributed by atoms with Gasteiger partial charge in [0.15, 0.2) is 5.57 Å². The molecule has 0 aliphatic carbocycles. The minimum absolute atomic E-state index is 0.221. The van der Waals surface area contributed by atoms with Gasteiger partial charge in [-0.3, -0.25) is 0 Å². The summed E-state index contributed by atoms with van der Waals surface area (Å²) in [5.74, 6) is -2.76. The smallest absolute Gasteiger partial charge is 0.350 e. The summed E-state index contributed by atoms with van der Waals surface area (Å²) in [6, 6.07) is 6.94. The van der Waals surface area contributed by atoms with Crippen LogP contribution in [0.4, 0.5) is 5.69 Å². The number of halogens is 1. The van der Waals surface area contributed by atoms with Gasteiger partial charge < -0.3 is 14.8 Å². The second-order valence-corrected chi connectivity index (χ2v) is 5.91. The molecule has 1 saturated heterocycles. The second kappa shape index (κ2) is 6.01. The van der Waals surface area contributed by atoms with Crippen molar-refractivity contribution in [2.75, 3.05) is 5.32 Å². The van der Waals surface area contributed by atoms with Crippen LogP contribution in [-0.4, -0.2) is 27.5 Å². The van der Waals surface area contributed by atoms with Gasteiger partial charge >= 0.3 is 11.9 Å². The van der Waals surface area contributed by atoms with E-state index in [1.807, 2.05) is 0 Å². The molecule has 7 nitrogen and oxygen atoms in total. The van der Waals surface area contributed by atoms with Crippen LogP contribution in [0.3, 0.4) is 0 Å². The van der Waals surface area contributed by atoms with E-state index in [0.717, 1.165) is 0 Å². The molecule has 0 unspecified atom stereocenters. The van der Waals surface area contributed by atoms with E-state index in [2.05, 4.69) is 10.4 Å². The fourth-order valence-electron chi connectivity index (χ4n) is 2.13. The number of rotatable bonds is 3. The Morgan fingerprint density at radius 3 is 2.54 bits per heavy atom. The number of carbonyl (C=O) groups excluding carboxylic acids is 2. The molecule has 1 fully saturated rings. The second-order valence-electron chi connectivity index (χ2n) is 5.50. The van der Waals surface area contributed by atoms with Crippen molar-refractivity contribution in [1.29, 1.82) is 0 Å². The van der Waals surface area contributed by atoms with E-state index < -0.39 is 17.7 Å². The Morgan fingerprint density at radius 1 is 1.25 bits per heavy atom. The molecule has 1 aromatic carbocycles. The van der Waals surface area contributed by atoms with Gasteiger partial charge in [0.2, 0.25) is 0 Å². The molecule has 1 aliphatic heterocycles. The Bertz CT molecular complexity index is 806. The molecular weight excluding hydrogens is 334 g/mol. The Morgan fingerprint density at radius 2 is 1.96 bits per heavy atom. The monoisotopic (exact) mass is 347 g/mol. The summed E-state index contributed by atoms with van der Waals surface area (Å²) in [6.07, 6.45) is 4.65. The maximum absolute atomic E-state index is 11.8. The van der Waals surface area contributed by atoms with E-state index in [-0.39, 0.29) is 5.57 Å². The van der Waals surface area contributed by atoms with E-state index >= 15 is 0 Å². The minimum atomic E-state index is -1.26. The van der Waals surface area contributed by atoms with Gasteiger partial charge in [0.25, 0.3) is 5.79 Å². The molecule has 1 N–H and O–H groups in total. The topological polar surface area (TPSA) is 82.5 Å². The van der Waals surface area contributed by atoms with Gasteiger partial charge in [-0.05, 0) is 24.3 Å². The zero-order valence-electron chi connectivity index (χ0n) is 12.9. The molecule has 0 bridgehead atoms. The van der Waals surface area contributed by atoms with Gasteiger partial charge in [-0.25, -0.2) is 14.3 Å². The number of anilines is 1. The van der Waals surface area contributed by atoms with Crippen LogP contribution in [0.2, 0.25) is 5.02 Å². The number of aromatic nitrogens is 2. The Hall–Kier alpha value is -2.80. The molecule has 0 amide bonds. The lowest BCUT2D eigenvalue weighted by Crippen LogP contribution is -2.42. The average Bonchev–Trinajstić information content (AvgIpc) is 2.99. The third-order valence-corrected chi connectivity index (χ3v) is 3.50. The van der Waals surface area contributed by atoms with Crippen molar-refractivity contribution >= 4 is 29.2 Å². The lowest BCUT2D eigenvalue weighted by molar-refractivity contribution is -0.222. The number of benzene rings is 1. The van der Waals surface area contributed by atoms with Crippen LogP contribution in [0.1, 0.15) is 13.8 Å². The normalized spacial score (nSPS) is 16.4. The summed E-state index contributed by atoms with van der Waals surface area (Å²) in [4.78, 5) is 23.7. The number of carbonyl (C=O) groups is 2. The summed E-state index contributed by atoms with van der Waals surface area (Å²) in [5, 5.41) is 7.40. The van der Waals surface area contributed by atoms with Gasteiger partial charge in [-0.15, -0.1) is 0 Å². The van der Waals surface area contributed by atoms with Crippen LogP contribution in [0.5, 0.6) is 0 Å². The van der Waals surface area contributed by atoms with Crippen LogP contribution < -0.4 is 5.32 Å². The maximum Gasteiger partial charge on any atom is 0.350 e. The lowest BCUT2D eigenvalue weighted by Gasteiger charge is -2.29. The van der Waals surface area contributed by atoms with Crippen molar-refractivity contribution in [2.45, 2.75) is 19.6 Å². The number of ether oxygens (including phenoxy) is 2. The molecule has 0 saturated carbocycles. The van der Waals surface area contributed by atoms with Gasteiger partial charge in [-0.1, -0.05) is 11.6 Å². The zero-order chi connectivity index (χ0) is 17.3. The lowest BCUT2D eigenvalue weighted by atomic mass is 10.2. The van der Waals surface area contributed by atoms with Crippen molar-refractivity contribution in [3.05, 3.63) is 53.5 Å². The number of nitrogens with one attached hydrogen (secondary N) is 1. The Balaban J connectivity index is 1.78. The van der Waals surface area contributed by atoms with Gasteiger partial charge in [-0.2, -0.15) is 5.10 Å². The molecule has 0 atom stereocenters. The van der Waals surface area contributed by atoms with E-state index in [1.165, 1.54) is 20.0 Å². The number of cyclic esters (lactones) is 2. The summed E-state index contributed by atoms with van der Waals surface area (Å²) in [6.45, 7) is 2.97. The van der Waals surface area contributed by atoms with E-state index in [4.69, 9.17) is 21.1 Å². The van der Waals surface area contributed by atoms with Crippen molar-refractivity contribution in [2.24, 2.45) is 0 Å². The molecule has 2 heterocycles. The summed E-state index contributed by atoms with van der Waals surface area (Å²) in [7, 11) is 0. The molecule has 8 heteroatoms. The van der Waals surface area contributed by atoms with Crippen LogP contribution >= 0.6 is 11.6 Å². The minimum Gasteiger partial charge on any atom is -0.419 e. The Kier molecular flexibility index (Phi) is 4.02. The summed E-state index contributed by atoms with van der Waals surface area (Å²) >= 11 is 6.23. The van der Waals surface area contributed by atoms with Gasteiger partial charge in [0.05, 0.1) is 10.7 Å². The standard InChI is InChI=1S/C16H14ClN3O4/c1-16(2)23-14(21)11(15(22)24-16)9-18-10-4-5-13(12(17)8-10)20-7-3-6-19-20/h3-9,18H,1-2H3. The molecule has 2 aromatic rings. The molecule has 3 rings (SSSR count).